The summed E-state index contributed by atoms with van der Waals surface area (Å²) in [6.07, 6.45) is 0.518. The van der Waals surface area contributed by atoms with Crippen LogP contribution in [0.3, 0.4) is 0 Å². The minimum atomic E-state index is -0.207. The van der Waals surface area contributed by atoms with Crippen LogP contribution in [0.1, 0.15) is 33.2 Å². The van der Waals surface area contributed by atoms with Crippen molar-refractivity contribution in [2.45, 2.75) is 19.4 Å². The molecule has 1 unspecified atom stereocenters. The molecule has 3 aromatic rings. The van der Waals surface area contributed by atoms with E-state index in [0.717, 1.165) is 22.4 Å². The Kier molecular flexibility index (Phi) is 6.12. The predicted molar refractivity (Wildman–Crippen MR) is 122 cm³/mol. The van der Waals surface area contributed by atoms with E-state index in [0.29, 0.717) is 35.6 Å². The van der Waals surface area contributed by atoms with Crippen molar-refractivity contribution in [2.75, 3.05) is 20.8 Å². The second-order valence-corrected chi connectivity index (χ2v) is 7.65. The SMILES string of the molecule is COc1ccc(C(=O)NCC2Cc3cc(-c4ccccc4C(C)=O)ccc3O2)cc1OC. The molecule has 1 amide bonds. The van der Waals surface area contributed by atoms with Crippen molar-refractivity contribution in [3.63, 3.8) is 0 Å². The summed E-state index contributed by atoms with van der Waals surface area (Å²) in [5.41, 5.74) is 4.14. The average Bonchev–Trinajstić information content (AvgIpc) is 3.24. The first kappa shape index (κ1) is 21.4. The third-order valence-corrected chi connectivity index (χ3v) is 5.56. The van der Waals surface area contributed by atoms with E-state index < -0.39 is 0 Å². The molecule has 1 atom stereocenters. The van der Waals surface area contributed by atoms with Gasteiger partial charge in [0.05, 0.1) is 20.8 Å². The van der Waals surface area contributed by atoms with Crippen LogP contribution in [0.15, 0.2) is 60.7 Å². The van der Waals surface area contributed by atoms with E-state index in [-0.39, 0.29) is 17.8 Å². The number of rotatable bonds is 7. The van der Waals surface area contributed by atoms with E-state index in [4.69, 9.17) is 14.2 Å². The van der Waals surface area contributed by atoms with Crippen molar-refractivity contribution in [1.29, 1.82) is 0 Å². The lowest BCUT2D eigenvalue weighted by Gasteiger charge is -2.13. The number of hydrogen-bond donors (Lipinski definition) is 1. The first-order valence-electron chi connectivity index (χ1n) is 10.4. The Morgan fingerprint density at radius 1 is 1.00 bits per heavy atom. The lowest BCUT2D eigenvalue weighted by molar-refractivity contribution is 0.0932. The summed E-state index contributed by atoms with van der Waals surface area (Å²) in [6, 6.07) is 18.6. The third-order valence-electron chi connectivity index (χ3n) is 5.56. The normalized spacial score (nSPS) is 14.3. The number of hydrogen-bond acceptors (Lipinski definition) is 5. The van der Waals surface area contributed by atoms with Crippen molar-refractivity contribution in [3.05, 3.63) is 77.4 Å². The van der Waals surface area contributed by atoms with Gasteiger partial charge >= 0.3 is 0 Å². The molecule has 6 nitrogen and oxygen atoms in total. The largest absolute Gasteiger partial charge is 0.493 e. The van der Waals surface area contributed by atoms with Crippen molar-refractivity contribution in [3.8, 4) is 28.4 Å². The molecule has 6 heteroatoms. The summed E-state index contributed by atoms with van der Waals surface area (Å²) in [7, 11) is 3.09. The number of nitrogens with one attached hydrogen (secondary N) is 1. The maximum absolute atomic E-state index is 12.6. The van der Waals surface area contributed by atoms with E-state index in [1.165, 1.54) is 7.11 Å². The lowest BCUT2D eigenvalue weighted by Crippen LogP contribution is -2.34. The molecule has 1 aliphatic heterocycles. The lowest BCUT2D eigenvalue weighted by atomic mass is 9.95. The molecular formula is C26H25NO5. The number of methoxy groups -OCH3 is 2. The standard InChI is InChI=1S/C26H25NO5/c1-16(28)21-6-4-5-7-22(21)17-8-10-23-19(12-17)13-20(32-23)15-27-26(29)18-9-11-24(30-2)25(14-18)31-3/h4-12,14,20H,13,15H2,1-3H3,(H,27,29). The molecule has 0 saturated heterocycles. The third kappa shape index (κ3) is 4.30. The van der Waals surface area contributed by atoms with Crippen LogP contribution in [0.2, 0.25) is 0 Å². The molecule has 3 aromatic carbocycles. The van der Waals surface area contributed by atoms with Crippen LogP contribution in [0.4, 0.5) is 0 Å². The monoisotopic (exact) mass is 431 g/mol. The van der Waals surface area contributed by atoms with Crippen molar-refractivity contribution >= 4 is 11.7 Å². The Bertz CT molecular complexity index is 1170. The average molecular weight is 431 g/mol. The summed E-state index contributed by atoms with van der Waals surface area (Å²) >= 11 is 0. The number of benzene rings is 3. The fourth-order valence-corrected chi connectivity index (χ4v) is 3.93. The smallest absolute Gasteiger partial charge is 0.251 e. The van der Waals surface area contributed by atoms with Gasteiger partial charge in [-0.2, -0.15) is 0 Å². The van der Waals surface area contributed by atoms with Crippen LogP contribution in [-0.4, -0.2) is 38.6 Å². The number of carbonyl (C=O) groups excluding carboxylic acids is 2. The Morgan fingerprint density at radius 2 is 1.78 bits per heavy atom. The number of ketones is 1. The highest BCUT2D eigenvalue weighted by molar-refractivity contribution is 6.00. The van der Waals surface area contributed by atoms with Crippen molar-refractivity contribution in [1.82, 2.24) is 5.32 Å². The van der Waals surface area contributed by atoms with E-state index in [9.17, 15) is 9.59 Å². The Labute approximate surface area is 187 Å². The second kappa shape index (κ2) is 9.14. The minimum Gasteiger partial charge on any atom is -0.493 e. The molecular weight excluding hydrogens is 406 g/mol. The molecule has 1 aliphatic rings. The fraction of sp³-hybridized carbons (Fsp3) is 0.231. The van der Waals surface area contributed by atoms with E-state index in [1.807, 2.05) is 36.4 Å². The van der Waals surface area contributed by atoms with Gasteiger partial charge in [-0.15, -0.1) is 0 Å². The van der Waals surface area contributed by atoms with Crippen LogP contribution in [-0.2, 0) is 6.42 Å². The van der Waals surface area contributed by atoms with Crippen LogP contribution in [0, 0.1) is 0 Å². The minimum absolute atomic E-state index is 0.0353. The van der Waals surface area contributed by atoms with Crippen LogP contribution >= 0.6 is 0 Å². The van der Waals surface area contributed by atoms with Gasteiger partial charge in [-0.25, -0.2) is 0 Å². The molecule has 1 N–H and O–H groups in total. The summed E-state index contributed by atoms with van der Waals surface area (Å²) in [5, 5.41) is 2.93. The van der Waals surface area contributed by atoms with E-state index in [1.54, 1.807) is 32.2 Å². The summed E-state index contributed by atoms with van der Waals surface area (Å²) in [6.45, 7) is 1.95. The van der Waals surface area contributed by atoms with E-state index >= 15 is 0 Å². The van der Waals surface area contributed by atoms with Crippen molar-refractivity contribution in [2.24, 2.45) is 0 Å². The highest BCUT2D eigenvalue weighted by Crippen LogP contribution is 2.34. The number of Topliss-reactive ketones (excluding diaryl/α,β-unsaturated/α-hetero) is 1. The Hall–Kier alpha value is -3.80. The maximum Gasteiger partial charge on any atom is 0.251 e. The highest BCUT2D eigenvalue weighted by Gasteiger charge is 2.24. The first-order chi connectivity index (χ1) is 15.5. The molecule has 0 fully saturated rings. The molecule has 0 bridgehead atoms. The first-order valence-corrected chi connectivity index (χ1v) is 10.4. The van der Waals surface area contributed by atoms with Crippen LogP contribution in [0.5, 0.6) is 17.2 Å². The zero-order valence-electron chi connectivity index (χ0n) is 18.3. The van der Waals surface area contributed by atoms with Gasteiger partial charge in [-0.3, -0.25) is 9.59 Å². The fourth-order valence-electron chi connectivity index (χ4n) is 3.93. The van der Waals surface area contributed by atoms with Gasteiger partial charge in [0.1, 0.15) is 11.9 Å². The molecule has 0 aromatic heterocycles. The number of carbonyl (C=O) groups is 2. The maximum atomic E-state index is 12.6. The van der Waals surface area contributed by atoms with Crippen LogP contribution < -0.4 is 19.5 Å². The summed E-state index contributed by atoms with van der Waals surface area (Å²) in [4.78, 5) is 24.6. The molecule has 0 aliphatic carbocycles. The molecule has 4 rings (SSSR count). The zero-order valence-corrected chi connectivity index (χ0v) is 18.3. The molecule has 0 spiro atoms. The number of fused-ring (bicyclic) bond motifs is 1. The van der Waals surface area contributed by atoms with Gasteiger partial charge in [-0.1, -0.05) is 30.3 Å². The van der Waals surface area contributed by atoms with Crippen LogP contribution in [0.25, 0.3) is 11.1 Å². The van der Waals surface area contributed by atoms with Gasteiger partial charge in [0.25, 0.3) is 5.91 Å². The molecule has 164 valence electrons. The van der Waals surface area contributed by atoms with E-state index in [2.05, 4.69) is 11.4 Å². The topological polar surface area (TPSA) is 73.9 Å². The van der Waals surface area contributed by atoms with Crippen molar-refractivity contribution < 1.29 is 23.8 Å². The van der Waals surface area contributed by atoms with Gasteiger partial charge < -0.3 is 19.5 Å². The number of ether oxygens (including phenoxy) is 3. The second-order valence-electron chi connectivity index (χ2n) is 7.65. The zero-order chi connectivity index (χ0) is 22.7. The molecule has 0 radical (unpaired) electrons. The summed E-state index contributed by atoms with van der Waals surface area (Å²) in [5.74, 6) is 1.71. The molecule has 32 heavy (non-hydrogen) atoms. The predicted octanol–water partition coefficient (Wildman–Crippen LogP) is 4.31. The quantitative estimate of drug-likeness (QED) is 0.565. The highest BCUT2D eigenvalue weighted by atomic mass is 16.5. The molecule has 1 heterocycles. The molecule has 0 saturated carbocycles. The van der Waals surface area contributed by atoms with Gasteiger partial charge in [-0.05, 0) is 53.9 Å². The van der Waals surface area contributed by atoms with Gasteiger partial charge in [0.15, 0.2) is 17.3 Å². The van der Waals surface area contributed by atoms with Gasteiger partial charge in [0.2, 0.25) is 0 Å². The van der Waals surface area contributed by atoms with Gasteiger partial charge in [0, 0.05) is 17.5 Å². The summed E-state index contributed by atoms with van der Waals surface area (Å²) < 4.78 is 16.5. The Balaban J connectivity index is 1.43. The Morgan fingerprint density at radius 3 is 2.53 bits per heavy atom. The number of amides is 1.